The van der Waals surface area contributed by atoms with Gasteiger partial charge in [-0.3, -0.25) is 0 Å². The third-order valence-corrected chi connectivity index (χ3v) is 5.13. The highest BCUT2D eigenvalue weighted by Gasteiger charge is 2.24. The zero-order valence-corrected chi connectivity index (χ0v) is 14.2. The van der Waals surface area contributed by atoms with Crippen molar-refractivity contribution in [2.75, 3.05) is 5.32 Å². The molecule has 0 aliphatic rings. The molecule has 1 N–H and O–H groups in total. The first-order valence-electron chi connectivity index (χ1n) is 7.10. The Labute approximate surface area is 148 Å². The van der Waals surface area contributed by atoms with Crippen LogP contribution in [0.4, 0.5) is 10.9 Å². The molecule has 0 unspecified atom stereocenters. The highest BCUT2D eigenvalue weighted by atomic mass is 32.2. The molecule has 0 saturated heterocycles. The van der Waals surface area contributed by atoms with E-state index in [-0.39, 0.29) is 10.8 Å². The summed E-state index contributed by atoms with van der Waals surface area (Å²) >= 11 is 2.42. The topological polar surface area (TPSA) is 111 Å². The Hall–Kier alpha value is -2.92. The SMILES string of the molecule is O=[N+]([O-])c1c(Sc2nnc(NCc3ccco3)s2)nc2ccccn12. The van der Waals surface area contributed by atoms with Crippen LogP contribution in [0, 0.1) is 10.1 Å². The molecule has 0 radical (unpaired) electrons. The molecule has 0 atom stereocenters. The average Bonchev–Trinajstić information content (AvgIpc) is 3.32. The normalized spacial score (nSPS) is 11.0. The lowest BCUT2D eigenvalue weighted by Gasteiger charge is -1.97. The number of fused-ring (bicyclic) bond motifs is 1. The lowest BCUT2D eigenvalue weighted by Crippen LogP contribution is -1.96. The quantitative estimate of drug-likeness (QED) is 0.403. The Bertz CT molecular complexity index is 1030. The van der Waals surface area contributed by atoms with Crippen molar-refractivity contribution in [3.8, 4) is 0 Å². The Kier molecular flexibility index (Phi) is 4.07. The molecular weight excluding hydrogens is 364 g/mol. The number of imidazole rings is 1. The summed E-state index contributed by atoms with van der Waals surface area (Å²) in [6.07, 6.45) is 3.21. The smallest absolute Gasteiger partial charge is 0.362 e. The molecule has 25 heavy (non-hydrogen) atoms. The zero-order chi connectivity index (χ0) is 17.2. The van der Waals surface area contributed by atoms with Crippen molar-refractivity contribution in [2.45, 2.75) is 15.9 Å². The predicted molar refractivity (Wildman–Crippen MR) is 91.9 cm³/mol. The number of hydrogen-bond donors (Lipinski definition) is 1. The predicted octanol–water partition coefficient (Wildman–Crippen LogP) is 3.45. The van der Waals surface area contributed by atoms with Crippen LogP contribution in [0.3, 0.4) is 0 Å². The van der Waals surface area contributed by atoms with Crippen LogP contribution in [0.15, 0.2) is 56.6 Å². The van der Waals surface area contributed by atoms with E-state index in [9.17, 15) is 10.1 Å². The van der Waals surface area contributed by atoms with E-state index in [1.54, 1.807) is 36.7 Å². The van der Waals surface area contributed by atoms with Crippen molar-refractivity contribution in [3.63, 3.8) is 0 Å². The molecule has 0 aliphatic carbocycles. The lowest BCUT2D eigenvalue weighted by atomic mass is 10.4. The third kappa shape index (κ3) is 3.19. The van der Waals surface area contributed by atoms with E-state index in [1.165, 1.54) is 15.7 Å². The van der Waals surface area contributed by atoms with E-state index in [0.717, 1.165) is 17.5 Å². The molecule has 0 spiro atoms. The van der Waals surface area contributed by atoms with Gasteiger partial charge in [0.2, 0.25) is 15.8 Å². The number of nitro groups is 1. The number of aromatic nitrogens is 4. The molecule has 0 bridgehead atoms. The van der Waals surface area contributed by atoms with E-state index in [1.807, 2.05) is 6.07 Å². The van der Waals surface area contributed by atoms with Gasteiger partial charge in [0.1, 0.15) is 5.76 Å². The van der Waals surface area contributed by atoms with E-state index in [2.05, 4.69) is 20.5 Å². The standard InChI is InChI=1S/C14H10N6O3S2/c21-20(22)12-11(16-10-5-1-2-6-19(10)12)24-14-18-17-13(25-14)15-8-9-4-3-7-23-9/h1-7H,8H2,(H,15,17). The molecule has 0 fully saturated rings. The molecule has 0 aliphatic heterocycles. The van der Waals surface area contributed by atoms with E-state index in [4.69, 9.17) is 4.42 Å². The molecule has 4 aromatic heterocycles. The largest absolute Gasteiger partial charge is 0.467 e. The molecule has 9 nitrogen and oxygen atoms in total. The number of furan rings is 1. The Morgan fingerprint density at radius 3 is 3.04 bits per heavy atom. The summed E-state index contributed by atoms with van der Waals surface area (Å²) in [7, 11) is 0. The van der Waals surface area contributed by atoms with Gasteiger partial charge < -0.3 is 19.8 Å². The van der Waals surface area contributed by atoms with E-state index in [0.29, 0.717) is 21.7 Å². The first-order chi connectivity index (χ1) is 12.2. The minimum absolute atomic E-state index is 0.0825. The maximum Gasteiger partial charge on any atom is 0.362 e. The number of pyridine rings is 1. The zero-order valence-electron chi connectivity index (χ0n) is 12.5. The second-order valence-electron chi connectivity index (χ2n) is 4.83. The number of rotatable bonds is 6. The Balaban J connectivity index is 1.55. The van der Waals surface area contributed by atoms with Crippen LogP contribution in [0.1, 0.15) is 5.76 Å². The van der Waals surface area contributed by atoms with E-state index >= 15 is 0 Å². The monoisotopic (exact) mass is 374 g/mol. The first kappa shape index (κ1) is 15.6. The van der Waals surface area contributed by atoms with Gasteiger partial charge in [0, 0.05) is 6.07 Å². The van der Waals surface area contributed by atoms with Gasteiger partial charge in [0.25, 0.3) is 0 Å². The Morgan fingerprint density at radius 2 is 2.24 bits per heavy atom. The van der Waals surface area contributed by atoms with Crippen molar-refractivity contribution in [3.05, 3.63) is 58.7 Å². The highest BCUT2D eigenvalue weighted by molar-refractivity contribution is 8.01. The van der Waals surface area contributed by atoms with Gasteiger partial charge >= 0.3 is 5.82 Å². The van der Waals surface area contributed by atoms with Gasteiger partial charge in [0.05, 0.1) is 19.0 Å². The molecule has 0 amide bonds. The van der Waals surface area contributed by atoms with Crippen molar-refractivity contribution >= 4 is 39.7 Å². The molecule has 0 aromatic carbocycles. The summed E-state index contributed by atoms with van der Waals surface area (Å²) < 4.78 is 7.24. The van der Waals surface area contributed by atoms with Crippen LogP contribution in [-0.2, 0) is 6.54 Å². The van der Waals surface area contributed by atoms with Crippen LogP contribution in [0.5, 0.6) is 0 Å². The maximum atomic E-state index is 11.4. The fourth-order valence-electron chi connectivity index (χ4n) is 2.18. The van der Waals surface area contributed by atoms with Crippen molar-refractivity contribution in [1.82, 2.24) is 19.6 Å². The maximum absolute atomic E-state index is 11.4. The number of nitrogens with one attached hydrogen (secondary N) is 1. The highest BCUT2D eigenvalue weighted by Crippen LogP contribution is 2.37. The summed E-state index contributed by atoms with van der Waals surface area (Å²) in [6.45, 7) is 0.487. The molecule has 4 aromatic rings. The minimum atomic E-state index is -0.445. The van der Waals surface area contributed by atoms with Crippen LogP contribution in [0.2, 0.25) is 0 Å². The fourth-order valence-corrected chi connectivity index (χ4v) is 3.94. The van der Waals surface area contributed by atoms with Gasteiger partial charge in [-0.05, 0) is 34.9 Å². The summed E-state index contributed by atoms with van der Waals surface area (Å²) in [4.78, 5) is 15.3. The van der Waals surface area contributed by atoms with Gasteiger partial charge in [-0.1, -0.05) is 17.4 Å². The summed E-state index contributed by atoms with van der Waals surface area (Å²) in [5, 5.41) is 23.5. The number of anilines is 1. The van der Waals surface area contributed by atoms with Gasteiger partial charge in [0.15, 0.2) is 4.34 Å². The van der Waals surface area contributed by atoms with Crippen molar-refractivity contribution < 1.29 is 9.34 Å². The second-order valence-corrected chi connectivity index (χ2v) is 7.05. The second kappa shape index (κ2) is 6.53. The van der Waals surface area contributed by atoms with Crippen LogP contribution < -0.4 is 5.32 Å². The first-order valence-corrected chi connectivity index (χ1v) is 8.73. The van der Waals surface area contributed by atoms with Gasteiger partial charge in [-0.15, -0.1) is 10.2 Å². The molecule has 0 saturated carbocycles. The number of nitrogens with zero attached hydrogens (tertiary/aromatic N) is 5. The number of hydrogen-bond acceptors (Lipinski definition) is 9. The minimum Gasteiger partial charge on any atom is -0.467 e. The molecule has 4 heterocycles. The molecule has 4 rings (SSSR count). The lowest BCUT2D eigenvalue weighted by molar-refractivity contribution is -0.393. The van der Waals surface area contributed by atoms with Crippen LogP contribution in [-0.4, -0.2) is 24.5 Å². The summed E-state index contributed by atoms with van der Waals surface area (Å²) in [6, 6.07) is 8.87. The van der Waals surface area contributed by atoms with Crippen molar-refractivity contribution in [2.24, 2.45) is 0 Å². The van der Waals surface area contributed by atoms with Crippen LogP contribution >= 0.6 is 23.1 Å². The Morgan fingerprint density at radius 1 is 1.32 bits per heavy atom. The third-order valence-electron chi connectivity index (χ3n) is 3.23. The summed E-state index contributed by atoms with van der Waals surface area (Å²) in [5.74, 6) is 0.696. The van der Waals surface area contributed by atoms with Gasteiger partial charge in [-0.25, -0.2) is 0 Å². The molecule has 126 valence electrons. The molecular formula is C14H10N6O3S2. The molecule has 11 heteroatoms. The van der Waals surface area contributed by atoms with Crippen LogP contribution in [0.25, 0.3) is 5.65 Å². The average molecular weight is 374 g/mol. The summed E-state index contributed by atoms with van der Waals surface area (Å²) in [5.41, 5.74) is 0.511. The van der Waals surface area contributed by atoms with Gasteiger partial charge in [-0.2, -0.15) is 9.38 Å². The fraction of sp³-hybridized carbons (Fsp3) is 0.0714. The van der Waals surface area contributed by atoms with Crippen molar-refractivity contribution in [1.29, 1.82) is 0 Å². The van der Waals surface area contributed by atoms with E-state index < -0.39 is 4.92 Å².